The first-order valence-electron chi connectivity index (χ1n) is 7.62. The largest absolute Gasteiger partial charge is 0.481 e. The summed E-state index contributed by atoms with van der Waals surface area (Å²) < 4.78 is 5.11. The van der Waals surface area contributed by atoms with Gasteiger partial charge in [-0.2, -0.15) is 0 Å². The van der Waals surface area contributed by atoms with Crippen LogP contribution in [0.25, 0.3) is 0 Å². The van der Waals surface area contributed by atoms with Crippen LogP contribution in [0.15, 0.2) is 24.3 Å². The van der Waals surface area contributed by atoms with Crippen molar-refractivity contribution in [2.45, 2.75) is 39.3 Å². The van der Waals surface area contributed by atoms with E-state index in [9.17, 15) is 9.90 Å². The summed E-state index contributed by atoms with van der Waals surface area (Å²) in [7, 11) is 1.70. The number of hydrogen-bond donors (Lipinski definition) is 1. The standard InChI is InChI=1S/C17H25NO3/c1-3-17(16(19)20)8-10-18(11-9-17)12-14-4-6-15(7-5-14)13-21-2/h4-7H,3,8-13H2,1-2H3,(H,19,20). The number of piperidine rings is 1. The van der Waals surface area contributed by atoms with Gasteiger partial charge >= 0.3 is 5.97 Å². The van der Waals surface area contributed by atoms with E-state index in [-0.39, 0.29) is 0 Å². The number of ether oxygens (including phenoxy) is 1. The number of aliphatic carboxylic acids is 1. The lowest BCUT2D eigenvalue weighted by Crippen LogP contribution is -2.43. The second-order valence-electron chi connectivity index (χ2n) is 5.96. The molecular formula is C17H25NO3. The Labute approximate surface area is 126 Å². The smallest absolute Gasteiger partial charge is 0.309 e. The monoisotopic (exact) mass is 291 g/mol. The number of carboxylic acids is 1. The number of carbonyl (C=O) groups is 1. The van der Waals surface area contributed by atoms with Crippen LogP contribution in [0.2, 0.25) is 0 Å². The molecule has 1 heterocycles. The zero-order valence-electron chi connectivity index (χ0n) is 13.0. The average Bonchev–Trinajstić information content (AvgIpc) is 2.50. The molecule has 1 aliphatic heterocycles. The zero-order chi connectivity index (χ0) is 15.3. The maximum Gasteiger partial charge on any atom is 0.309 e. The van der Waals surface area contributed by atoms with E-state index in [0.29, 0.717) is 6.61 Å². The third kappa shape index (κ3) is 3.83. The maximum absolute atomic E-state index is 11.4. The van der Waals surface area contributed by atoms with Gasteiger partial charge in [0.15, 0.2) is 0 Å². The number of rotatable bonds is 6. The van der Waals surface area contributed by atoms with Crippen LogP contribution in [0.4, 0.5) is 0 Å². The van der Waals surface area contributed by atoms with Crippen molar-refractivity contribution in [3.8, 4) is 0 Å². The van der Waals surface area contributed by atoms with E-state index in [0.717, 1.165) is 38.9 Å². The Balaban J connectivity index is 1.90. The summed E-state index contributed by atoms with van der Waals surface area (Å²) >= 11 is 0. The molecule has 0 saturated carbocycles. The van der Waals surface area contributed by atoms with E-state index in [1.807, 2.05) is 6.92 Å². The third-order valence-corrected chi connectivity index (χ3v) is 4.68. The zero-order valence-corrected chi connectivity index (χ0v) is 13.0. The molecule has 4 heteroatoms. The highest BCUT2D eigenvalue weighted by Crippen LogP contribution is 2.35. The molecule has 116 valence electrons. The van der Waals surface area contributed by atoms with Crippen molar-refractivity contribution in [1.82, 2.24) is 4.90 Å². The molecule has 4 nitrogen and oxygen atoms in total. The Hall–Kier alpha value is -1.39. The number of hydrogen-bond acceptors (Lipinski definition) is 3. The molecule has 1 aliphatic rings. The molecule has 1 N–H and O–H groups in total. The van der Waals surface area contributed by atoms with Gasteiger partial charge in [-0.3, -0.25) is 9.69 Å². The minimum atomic E-state index is -0.631. The summed E-state index contributed by atoms with van der Waals surface area (Å²) in [6.07, 6.45) is 2.23. The molecule has 1 aromatic rings. The lowest BCUT2D eigenvalue weighted by atomic mass is 9.76. The second kappa shape index (κ2) is 7.05. The van der Waals surface area contributed by atoms with Crippen molar-refractivity contribution in [2.75, 3.05) is 20.2 Å². The molecule has 21 heavy (non-hydrogen) atoms. The van der Waals surface area contributed by atoms with E-state index in [2.05, 4.69) is 29.2 Å². The summed E-state index contributed by atoms with van der Waals surface area (Å²) in [4.78, 5) is 13.8. The number of methoxy groups -OCH3 is 1. The van der Waals surface area contributed by atoms with Gasteiger partial charge in [0.1, 0.15) is 0 Å². The topological polar surface area (TPSA) is 49.8 Å². The predicted octanol–water partition coefficient (Wildman–Crippen LogP) is 2.91. The van der Waals surface area contributed by atoms with Crippen molar-refractivity contribution >= 4 is 5.97 Å². The first kappa shape index (κ1) is 16.0. The summed E-state index contributed by atoms with van der Waals surface area (Å²) in [6, 6.07) is 8.45. The molecule has 1 aromatic carbocycles. The fourth-order valence-electron chi connectivity index (χ4n) is 3.02. The lowest BCUT2D eigenvalue weighted by molar-refractivity contribution is -0.152. The van der Waals surface area contributed by atoms with Gasteiger partial charge in [-0.25, -0.2) is 0 Å². The summed E-state index contributed by atoms with van der Waals surface area (Å²) in [5.41, 5.74) is 1.95. The Bertz CT molecular complexity index is 461. The Morgan fingerprint density at radius 1 is 1.24 bits per heavy atom. The highest BCUT2D eigenvalue weighted by Gasteiger charge is 2.39. The van der Waals surface area contributed by atoms with Gasteiger partial charge in [0, 0.05) is 13.7 Å². The van der Waals surface area contributed by atoms with Crippen LogP contribution < -0.4 is 0 Å². The van der Waals surface area contributed by atoms with Gasteiger partial charge in [0.05, 0.1) is 12.0 Å². The number of likely N-dealkylation sites (tertiary alicyclic amines) is 1. The van der Waals surface area contributed by atoms with E-state index in [1.54, 1.807) is 7.11 Å². The fraction of sp³-hybridized carbons (Fsp3) is 0.588. The van der Waals surface area contributed by atoms with Gasteiger partial charge in [-0.05, 0) is 43.5 Å². The van der Waals surface area contributed by atoms with Gasteiger partial charge < -0.3 is 9.84 Å². The molecule has 1 saturated heterocycles. The molecule has 1 fully saturated rings. The van der Waals surface area contributed by atoms with Crippen LogP contribution in [-0.4, -0.2) is 36.2 Å². The lowest BCUT2D eigenvalue weighted by Gasteiger charge is -2.38. The number of carboxylic acid groups (broad SMARTS) is 1. The minimum absolute atomic E-state index is 0.501. The molecule has 0 unspecified atom stereocenters. The van der Waals surface area contributed by atoms with E-state index < -0.39 is 11.4 Å². The van der Waals surface area contributed by atoms with E-state index >= 15 is 0 Å². The molecule has 0 aromatic heterocycles. The molecule has 0 bridgehead atoms. The molecule has 0 radical (unpaired) electrons. The third-order valence-electron chi connectivity index (χ3n) is 4.68. The molecule has 0 amide bonds. The number of nitrogens with zero attached hydrogens (tertiary/aromatic N) is 1. The van der Waals surface area contributed by atoms with Crippen molar-refractivity contribution in [3.63, 3.8) is 0 Å². The van der Waals surface area contributed by atoms with E-state index in [4.69, 9.17) is 4.74 Å². The highest BCUT2D eigenvalue weighted by atomic mass is 16.5. The molecule has 0 spiro atoms. The maximum atomic E-state index is 11.4. The molecular weight excluding hydrogens is 266 g/mol. The Morgan fingerprint density at radius 2 is 1.81 bits per heavy atom. The predicted molar refractivity (Wildman–Crippen MR) is 82.0 cm³/mol. The van der Waals surface area contributed by atoms with Gasteiger partial charge in [0.25, 0.3) is 0 Å². The molecule has 0 atom stereocenters. The average molecular weight is 291 g/mol. The van der Waals surface area contributed by atoms with Crippen LogP contribution in [0.5, 0.6) is 0 Å². The second-order valence-corrected chi connectivity index (χ2v) is 5.96. The Morgan fingerprint density at radius 3 is 2.29 bits per heavy atom. The Kier molecular flexibility index (Phi) is 5.37. The van der Waals surface area contributed by atoms with Crippen LogP contribution in [0.1, 0.15) is 37.3 Å². The van der Waals surface area contributed by atoms with Gasteiger partial charge in [-0.15, -0.1) is 0 Å². The van der Waals surface area contributed by atoms with Crippen LogP contribution in [0.3, 0.4) is 0 Å². The summed E-state index contributed by atoms with van der Waals surface area (Å²) in [5.74, 6) is -0.631. The van der Waals surface area contributed by atoms with E-state index in [1.165, 1.54) is 11.1 Å². The number of benzene rings is 1. The normalized spacial score (nSPS) is 18.6. The molecule has 2 rings (SSSR count). The highest BCUT2D eigenvalue weighted by molar-refractivity contribution is 5.74. The molecule has 0 aliphatic carbocycles. The van der Waals surface area contributed by atoms with Crippen LogP contribution in [-0.2, 0) is 22.7 Å². The van der Waals surface area contributed by atoms with Crippen molar-refractivity contribution in [1.29, 1.82) is 0 Å². The first-order chi connectivity index (χ1) is 10.1. The summed E-state index contributed by atoms with van der Waals surface area (Å²) in [6.45, 7) is 5.24. The van der Waals surface area contributed by atoms with Crippen LogP contribution >= 0.6 is 0 Å². The van der Waals surface area contributed by atoms with Crippen LogP contribution in [0, 0.1) is 5.41 Å². The summed E-state index contributed by atoms with van der Waals surface area (Å²) in [5, 5.41) is 9.42. The van der Waals surface area contributed by atoms with Gasteiger partial charge in [-0.1, -0.05) is 31.2 Å². The van der Waals surface area contributed by atoms with Crippen molar-refractivity contribution in [3.05, 3.63) is 35.4 Å². The minimum Gasteiger partial charge on any atom is -0.481 e. The van der Waals surface area contributed by atoms with Crippen molar-refractivity contribution < 1.29 is 14.6 Å². The SMILES string of the molecule is CCC1(C(=O)O)CCN(Cc2ccc(COC)cc2)CC1. The first-order valence-corrected chi connectivity index (χ1v) is 7.62. The van der Waals surface area contributed by atoms with Gasteiger partial charge in [0.2, 0.25) is 0 Å². The fourth-order valence-corrected chi connectivity index (χ4v) is 3.02. The quantitative estimate of drug-likeness (QED) is 0.875. The van der Waals surface area contributed by atoms with Crippen molar-refractivity contribution in [2.24, 2.45) is 5.41 Å².